The van der Waals surface area contributed by atoms with Crippen LogP contribution in [-0.2, 0) is 9.84 Å². The van der Waals surface area contributed by atoms with Gasteiger partial charge in [0, 0.05) is 12.3 Å². The average molecular weight is 310 g/mol. The molecular weight excluding hydrogens is 292 g/mol. The molecular formula is C14H18N2O4S. The van der Waals surface area contributed by atoms with Gasteiger partial charge in [-0.05, 0) is 49.7 Å². The first-order valence-corrected chi connectivity index (χ1v) is 9.01. The van der Waals surface area contributed by atoms with Crippen LogP contribution in [-0.4, -0.2) is 25.6 Å². The molecule has 2 aliphatic carbocycles. The van der Waals surface area contributed by atoms with Crippen molar-refractivity contribution in [2.45, 2.75) is 36.6 Å². The fraction of sp³-hybridized carbons (Fsp3) is 0.571. The van der Waals surface area contributed by atoms with Crippen molar-refractivity contribution in [2.75, 3.05) is 11.6 Å². The van der Waals surface area contributed by atoms with Gasteiger partial charge in [0.25, 0.3) is 0 Å². The molecule has 1 aromatic rings. The topological polar surface area (TPSA) is 89.3 Å². The number of nitrogens with one attached hydrogen (secondary N) is 1. The molecule has 0 bridgehead atoms. The van der Waals surface area contributed by atoms with Crippen LogP contribution in [0.2, 0.25) is 0 Å². The van der Waals surface area contributed by atoms with E-state index in [1.807, 2.05) is 0 Å². The number of hydrogen-bond donors (Lipinski definition) is 1. The van der Waals surface area contributed by atoms with Gasteiger partial charge in [0.05, 0.1) is 4.92 Å². The Kier molecular flexibility index (Phi) is 3.39. The lowest BCUT2D eigenvalue weighted by Crippen LogP contribution is -2.25. The van der Waals surface area contributed by atoms with Crippen LogP contribution in [0.5, 0.6) is 0 Å². The first-order valence-electron chi connectivity index (χ1n) is 7.12. The second kappa shape index (κ2) is 4.98. The van der Waals surface area contributed by atoms with Gasteiger partial charge in [-0.2, -0.15) is 0 Å². The van der Waals surface area contributed by atoms with Crippen LogP contribution in [0.15, 0.2) is 23.1 Å². The number of anilines is 1. The highest BCUT2D eigenvalue weighted by atomic mass is 32.2. The van der Waals surface area contributed by atoms with E-state index in [-0.39, 0.29) is 16.6 Å². The van der Waals surface area contributed by atoms with Crippen molar-refractivity contribution in [3.8, 4) is 0 Å². The van der Waals surface area contributed by atoms with Crippen LogP contribution in [0.3, 0.4) is 0 Å². The number of nitrogens with zero attached hydrogens (tertiary/aromatic N) is 1. The standard InChI is InChI=1S/C14H18N2O4S/c1-21(19,20)12-4-2-3-11(14(12)16(17)18)15-13(9-5-6-9)10-7-8-10/h2-4,9-10,13,15H,5-8H2,1H3. The van der Waals surface area contributed by atoms with Crippen LogP contribution in [0.25, 0.3) is 0 Å². The molecule has 0 saturated heterocycles. The molecule has 0 heterocycles. The summed E-state index contributed by atoms with van der Waals surface area (Å²) in [5.41, 5.74) is -0.00183. The third kappa shape index (κ3) is 3.02. The molecule has 1 aromatic carbocycles. The van der Waals surface area contributed by atoms with Crippen molar-refractivity contribution >= 4 is 21.2 Å². The summed E-state index contributed by atoms with van der Waals surface area (Å²) in [5, 5.41) is 14.6. The number of nitro groups is 1. The quantitative estimate of drug-likeness (QED) is 0.644. The van der Waals surface area contributed by atoms with E-state index in [9.17, 15) is 18.5 Å². The van der Waals surface area contributed by atoms with Gasteiger partial charge in [-0.1, -0.05) is 6.07 Å². The highest BCUT2D eigenvalue weighted by molar-refractivity contribution is 7.90. The van der Waals surface area contributed by atoms with Crippen molar-refractivity contribution in [3.63, 3.8) is 0 Å². The normalized spacial score (nSPS) is 18.8. The number of hydrogen-bond acceptors (Lipinski definition) is 5. The smallest absolute Gasteiger partial charge is 0.310 e. The molecule has 6 nitrogen and oxygen atoms in total. The molecule has 2 aliphatic rings. The number of sulfone groups is 1. The lowest BCUT2D eigenvalue weighted by Gasteiger charge is -2.19. The number of para-hydroxylation sites is 1. The average Bonchev–Trinajstić information content (AvgIpc) is 3.26. The highest BCUT2D eigenvalue weighted by Crippen LogP contribution is 2.47. The fourth-order valence-corrected chi connectivity index (χ4v) is 3.70. The number of rotatable bonds is 6. The molecule has 0 atom stereocenters. The molecule has 2 saturated carbocycles. The first kappa shape index (κ1) is 14.3. The van der Waals surface area contributed by atoms with Gasteiger partial charge >= 0.3 is 5.69 Å². The van der Waals surface area contributed by atoms with Gasteiger partial charge in [0.2, 0.25) is 0 Å². The molecule has 1 N–H and O–H groups in total. The van der Waals surface area contributed by atoms with Crippen molar-refractivity contribution in [3.05, 3.63) is 28.3 Å². The van der Waals surface area contributed by atoms with E-state index < -0.39 is 14.8 Å². The Hall–Kier alpha value is -1.63. The summed E-state index contributed by atoms with van der Waals surface area (Å²) in [6, 6.07) is 4.69. The first-order chi connectivity index (χ1) is 9.88. The Morgan fingerprint density at radius 3 is 2.24 bits per heavy atom. The van der Waals surface area contributed by atoms with E-state index in [1.165, 1.54) is 6.07 Å². The Labute approximate surface area is 123 Å². The summed E-state index contributed by atoms with van der Waals surface area (Å²) in [4.78, 5) is 10.5. The van der Waals surface area contributed by atoms with E-state index in [1.54, 1.807) is 12.1 Å². The van der Waals surface area contributed by atoms with E-state index in [0.717, 1.165) is 31.9 Å². The molecule has 2 fully saturated rings. The molecule has 21 heavy (non-hydrogen) atoms. The minimum atomic E-state index is -3.63. The Balaban J connectivity index is 1.99. The summed E-state index contributed by atoms with van der Waals surface area (Å²) in [6.45, 7) is 0. The molecule has 3 rings (SSSR count). The van der Waals surface area contributed by atoms with Crippen molar-refractivity contribution in [1.29, 1.82) is 0 Å². The second-order valence-electron chi connectivity index (χ2n) is 6.03. The van der Waals surface area contributed by atoms with Gasteiger partial charge in [0.1, 0.15) is 10.6 Å². The monoisotopic (exact) mass is 310 g/mol. The van der Waals surface area contributed by atoms with Crippen LogP contribution in [0.1, 0.15) is 25.7 Å². The molecule has 0 amide bonds. The van der Waals surface area contributed by atoms with E-state index >= 15 is 0 Å². The minimum Gasteiger partial charge on any atom is -0.376 e. The predicted molar refractivity (Wildman–Crippen MR) is 79.1 cm³/mol. The minimum absolute atomic E-state index is 0.220. The number of benzene rings is 1. The lowest BCUT2D eigenvalue weighted by molar-refractivity contribution is -0.386. The van der Waals surface area contributed by atoms with E-state index in [2.05, 4.69) is 5.32 Å². The summed E-state index contributed by atoms with van der Waals surface area (Å²) < 4.78 is 23.5. The van der Waals surface area contributed by atoms with Crippen molar-refractivity contribution in [2.24, 2.45) is 11.8 Å². The molecule has 0 spiro atoms. The Bertz CT molecular complexity index is 666. The van der Waals surface area contributed by atoms with Gasteiger partial charge in [-0.15, -0.1) is 0 Å². The van der Waals surface area contributed by atoms with Crippen LogP contribution >= 0.6 is 0 Å². The predicted octanol–water partition coefficient (Wildman–Crippen LogP) is 2.60. The van der Waals surface area contributed by atoms with Crippen LogP contribution in [0, 0.1) is 22.0 Å². The van der Waals surface area contributed by atoms with Gasteiger partial charge < -0.3 is 5.32 Å². The maximum Gasteiger partial charge on any atom is 0.310 e. The zero-order chi connectivity index (χ0) is 15.2. The largest absolute Gasteiger partial charge is 0.376 e. The molecule has 0 aliphatic heterocycles. The van der Waals surface area contributed by atoms with E-state index in [4.69, 9.17) is 0 Å². The molecule has 0 radical (unpaired) electrons. The van der Waals surface area contributed by atoms with Crippen molar-refractivity contribution < 1.29 is 13.3 Å². The summed E-state index contributed by atoms with van der Waals surface area (Å²) >= 11 is 0. The van der Waals surface area contributed by atoms with Crippen LogP contribution in [0.4, 0.5) is 11.4 Å². The van der Waals surface area contributed by atoms with E-state index in [0.29, 0.717) is 17.5 Å². The Morgan fingerprint density at radius 2 is 1.81 bits per heavy atom. The third-order valence-electron chi connectivity index (χ3n) is 4.16. The van der Waals surface area contributed by atoms with Gasteiger partial charge in [0.15, 0.2) is 9.84 Å². The van der Waals surface area contributed by atoms with Gasteiger partial charge in [-0.25, -0.2) is 8.42 Å². The highest BCUT2D eigenvalue weighted by Gasteiger charge is 2.42. The summed E-state index contributed by atoms with van der Waals surface area (Å²) in [7, 11) is -3.63. The van der Waals surface area contributed by atoms with Crippen molar-refractivity contribution in [1.82, 2.24) is 0 Å². The maximum absolute atomic E-state index is 11.8. The second-order valence-corrected chi connectivity index (χ2v) is 8.01. The fourth-order valence-electron chi connectivity index (χ4n) is 2.84. The molecule has 7 heteroatoms. The Morgan fingerprint density at radius 1 is 1.24 bits per heavy atom. The maximum atomic E-state index is 11.8. The molecule has 0 aromatic heterocycles. The molecule has 0 unspecified atom stereocenters. The zero-order valence-corrected chi connectivity index (χ0v) is 12.6. The third-order valence-corrected chi connectivity index (χ3v) is 5.29. The van der Waals surface area contributed by atoms with Crippen LogP contribution < -0.4 is 5.32 Å². The molecule has 114 valence electrons. The van der Waals surface area contributed by atoms with Gasteiger partial charge in [-0.3, -0.25) is 10.1 Å². The SMILES string of the molecule is CS(=O)(=O)c1cccc(NC(C2CC2)C2CC2)c1[N+](=O)[O-]. The summed E-state index contributed by atoms with van der Waals surface area (Å²) in [6.07, 6.45) is 5.58. The summed E-state index contributed by atoms with van der Waals surface area (Å²) in [5.74, 6) is 1.14. The lowest BCUT2D eigenvalue weighted by atomic mass is 10.1. The zero-order valence-electron chi connectivity index (χ0n) is 11.8. The number of nitro benzene ring substituents is 1.